The molecule has 4 radical (unpaired) electrons. The zero-order valence-corrected chi connectivity index (χ0v) is 42.9. The molecule has 1 saturated heterocycles. The molecule has 6 N–H and O–H groups in total. The number of rotatable bonds is 22. The van der Waals surface area contributed by atoms with Gasteiger partial charge in [0.05, 0.1) is 29.5 Å². The summed E-state index contributed by atoms with van der Waals surface area (Å²) in [5, 5.41) is 11.6. The van der Waals surface area contributed by atoms with Crippen molar-refractivity contribution in [3.8, 4) is 0 Å². The van der Waals surface area contributed by atoms with Crippen LogP contribution in [0.1, 0.15) is 44.0 Å². The molecule has 1 fully saturated rings. The van der Waals surface area contributed by atoms with Gasteiger partial charge in [0, 0.05) is 137 Å². The fraction of sp³-hybridized carbons (Fsp3) is 0.515. The van der Waals surface area contributed by atoms with E-state index in [1.54, 1.807) is 20.8 Å². The van der Waals surface area contributed by atoms with Crippen LogP contribution in [0.5, 0.6) is 0 Å². The number of hydrogen-bond donors (Lipinski definition) is 5. The Morgan fingerprint density at radius 1 is 1.00 bits per heavy atom. The summed E-state index contributed by atoms with van der Waals surface area (Å²) in [6.45, 7) is 9.57. The average Bonchev–Trinajstić information content (AvgIpc) is 3.41. The van der Waals surface area contributed by atoms with E-state index in [4.69, 9.17) is 27.8 Å². The Bertz CT molecular complexity index is 1390. The van der Waals surface area contributed by atoms with Crippen molar-refractivity contribution in [2.24, 2.45) is 0 Å². The fourth-order valence-electron chi connectivity index (χ4n) is 4.76. The number of hydrogen-bond acceptors (Lipinski definition) is 11. The monoisotopic (exact) mass is 1250 g/mol. The molecule has 300 valence electrons. The summed E-state index contributed by atoms with van der Waals surface area (Å²) in [5.41, 5.74) is 8.62. The number of amides is 7. The normalized spacial score (nSPS) is 15.9. The van der Waals surface area contributed by atoms with E-state index >= 15 is 0 Å². The van der Waals surface area contributed by atoms with Gasteiger partial charge in [-0.25, -0.2) is 11.5 Å². The first-order valence-corrected chi connectivity index (χ1v) is 17.3. The minimum atomic E-state index is -1.46. The number of imide groups is 1. The minimum absolute atomic E-state index is 0. The fourth-order valence-corrected chi connectivity index (χ4v) is 5.72. The second kappa shape index (κ2) is 31.2. The van der Waals surface area contributed by atoms with E-state index < -0.39 is 71.0 Å². The van der Waals surface area contributed by atoms with E-state index in [9.17, 15) is 33.6 Å². The molecule has 0 saturated carbocycles. The maximum absolute atomic E-state index is 13.5. The van der Waals surface area contributed by atoms with Crippen molar-refractivity contribution in [3.63, 3.8) is 0 Å². The Hall–Kier alpha value is -0.801. The van der Waals surface area contributed by atoms with Crippen molar-refractivity contribution in [2.45, 2.75) is 69.2 Å². The first-order chi connectivity index (χ1) is 24.3. The molecule has 0 aromatic heterocycles. The number of carbonyl (C=O) groups is 7. The van der Waals surface area contributed by atoms with Crippen molar-refractivity contribution in [3.05, 3.63) is 56.5 Å². The molecule has 6 unspecified atom stereocenters. The van der Waals surface area contributed by atoms with Crippen LogP contribution >= 0.6 is 11.8 Å². The number of ether oxygens (including phenoxy) is 3. The van der Waals surface area contributed by atoms with Gasteiger partial charge >= 0.3 is 0 Å². The van der Waals surface area contributed by atoms with Gasteiger partial charge in [0.1, 0.15) is 19.9 Å². The zero-order chi connectivity index (χ0) is 38.1. The van der Waals surface area contributed by atoms with Gasteiger partial charge in [0.15, 0.2) is 5.91 Å². The Morgan fingerprint density at radius 3 is 2.16 bits per heavy atom. The van der Waals surface area contributed by atoms with E-state index in [0.29, 0.717) is 11.3 Å². The molecule has 0 aliphatic carbocycles. The Labute approximate surface area is 404 Å². The van der Waals surface area contributed by atoms with Gasteiger partial charge in [0.25, 0.3) is 5.91 Å². The summed E-state index contributed by atoms with van der Waals surface area (Å²) in [7, 11) is 7.01. The summed E-state index contributed by atoms with van der Waals surface area (Å²) in [6.07, 6.45) is -1.91. The van der Waals surface area contributed by atoms with Crippen molar-refractivity contribution < 1.29 is 146 Å². The maximum atomic E-state index is 13.5. The summed E-state index contributed by atoms with van der Waals surface area (Å²) in [6, 6.07) is 1.75. The third-order valence-corrected chi connectivity index (χ3v) is 8.56. The number of anilines is 1. The molecule has 22 heteroatoms. The third-order valence-electron chi connectivity index (χ3n) is 7.36. The molecule has 17 nitrogen and oxygen atoms in total. The van der Waals surface area contributed by atoms with Gasteiger partial charge in [-0.3, -0.25) is 33.6 Å². The van der Waals surface area contributed by atoms with Gasteiger partial charge in [-0.1, -0.05) is 6.92 Å². The summed E-state index contributed by atoms with van der Waals surface area (Å²) in [4.78, 5) is 90.3. The third kappa shape index (κ3) is 18.8. The quantitative estimate of drug-likeness (QED) is 0.0442. The van der Waals surface area contributed by atoms with Crippen LogP contribution in [0.25, 0.3) is 5.73 Å². The largest absolute Gasteiger partial charge is 0.692 e. The molecule has 7 amide bonds. The van der Waals surface area contributed by atoms with E-state index in [0.717, 1.165) is 23.3 Å². The molecule has 0 bridgehead atoms. The van der Waals surface area contributed by atoms with Crippen LogP contribution in [0.3, 0.4) is 0 Å². The van der Waals surface area contributed by atoms with Crippen LogP contribution in [-0.2, 0) is 96.8 Å². The Kier molecular flexibility index (Phi) is 33.2. The van der Waals surface area contributed by atoms with Crippen LogP contribution in [0.2, 0.25) is 0 Å². The van der Waals surface area contributed by atoms with Gasteiger partial charge in [-0.15, -0.1) is 11.8 Å². The van der Waals surface area contributed by atoms with Crippen LogP contribution in [0.15, 0.2) is 24.3 Å². The van der Waals surface area contributed by atoms with Crippen molar-refractivity contribution >= 4 is 66.6 Å². The predicted molar refractivity (Wildman–Crippen MR) is 195 cm³/mol. The van der Waals surface area contributed by atoms with Crippen molar-refractivity contribution in [1.82, 2.24) is 26.6 Å². The SMILES string of the molecule is [Ac].[B]COC(CC)C(NC(=O)C([NH-])[CH-]OCC)C(=O)NC(C(=O)NCNC(=O)CSC1CC(=O)N(c2ccc(C(=O)NC)cc2)C1=O)C([CH2-])OCC.[CH3-].[W].[Y]. The maximum Gasteiger partial charge on any atom is 0.251 e. The first-order valence-electron chi connectivity index (χ1n) is 16.2. The number of carbonyl (C=O) groups excluding carboxylic acids is 7. The second-order valence-electron chi connectivity index (χ2n) is 10.8. The molecule has 55 heavy (non-hydrogen) atoms. The van der Waals surface area contributed by atoms with Crippen LogP contribution in [-0.4, -0.2) is 124 Å². The zero-order valence-electron chi connectivity index (χ0n) is 31.6. The van der Waals surface area contributed by atoms with Gasteiger partial charge < -0.3 is 60.9 Å². The molecule has 1 aliphatic rings. The van der Waals surface area contributed by atoms with Crippen LogP contribution in [0.4, 0.5) is 5.69 Å². The molecule has 6 atom stereocenters. The molecule has 1 heterocycles. The molecule has 1 aromatic carbocycles. The number of nitrogens with zero attached hydrogens (tertiary/aromatic N) is 1. The van der Waals surface area contributed by atoms with Gasteiger partial charge in [-0.05, 0) is 50.6 Å². The average molecular weight is 1250 g/mol. The summed E-state index contributed by atoms with van der Waals surface area (Å²) >= 11 is 0.955. The summed E-state index contributed by atoms with van der Waals surface area (Å²) in [5.74, 6) is -4.50. The molecule has 2 rings (SSSR count). The van der Waals surface area contributed by atoms with Crippen molar-refractivity contribution in [2.75, 3.05) is 44.1 Å². The Balaban J connectivity index is -0.00000676. The van der Waals surface area contributed by atoms with Gasteiger partial charge in [0.2, 0.25) is 29.5 Å². The number of benzene rings is 1. The number of nitrogens with one attached hydrogen (secondary N) is 6. The molecular weight excluding hydrogens is 1200 g/mol. The smallest absolute Gasteiger partial charge is 0.251 e. The second-order valence-corrected chi connectivity index (χ2v) is 12.0. The van der Waals surface area contributed by atoms with E-state index in [2.05, 4.69) is 33.5 Å². The first kappa shape index (κ1) is 58.5. The predicted octanol–water partition coefficient (Wildman–Crippen LogP) is -0.204. The molecule has 0 spiro atoms. The molecule has 1 aromatic rings. The van der Waals surface area contributed by atoms with Crippen molar-refractivity contribution in [1.29, 1.82) is 0 Å². The standard InChI is InChI=1S/C32H45BN7O10S.CH3.Ac.W.Y/c1-6-22(50-16-33)27(39-29(44)21(34)14-48-7-2)31(46)38-26(18(4)49-8-3)30(45)37-17-36-24(41)15-51-23-13-25(42)40(32(23)47)20-11-9-19(10-12-20)28(43)35-5;;;;/h9-12,14,18,21-23,26-27,34H,4,6-8,13,15-17H2,1-3,5H3,(H,35,43)(H,36,41)(H,37,45)(H,38,46)(H,39,44);1H3;;;/q-3;-1;;;. The topological polar surface area (TPSA) is 234 Å². The van der Waals surface area contributed by atoms with Crippen LogP contribution in [0, 0.1) is 65.0 Å². The van der Waals surface area contributed by atoms with Crippen LogP contribution < -0.4 is 31.5 Å². The Morgan fingerprint density at radius 2 is 1.62 bits per heavy atom. The summed E-state index contributed by atoms with van der Waals surface area (Å²) < 4.78 is 15.9. The van der Waals surface area contributed by atoms with Gasteiger partial charge in [-0.2, -0.15) is 6.04 Å². The molecular formula is C33H48AcBN7O10SWY-4. The number of thioether (sulfide) groups is 1. The minimum Gasteiger partial charge on any atom is -0.692 e. The van der Waals surface area contributed by atoms with E-state index in [-0.39, 0.29) is 156 Å². The molecule has 1 aliphatic heterocycles. The van der Waals surface area contributed by atoms with E-state index in [1.165, 1.54) is 31.3 Å². The van der Waals surface area contributed by atoms with E-state index in [1.807, 2.05) is 0 Å².